The first-order chi connectivity index (χ1) is 9.36. The highest BCUT2D eigenvalue weighted by Crippen LogP contribution is 2.33. The molecule has 1 aromatic carbocycles. The van der Waals surface area contributed by atoms with Crippen molar-refractivity contribution in [3.63, 3.8) is 0 Å². The molecule has 0 spiro atoms. The van der Waals surface area contributed by atoms with Crippen LogP contribution in [0.1, 0.15) is 11.3 Å². The van der Waals surface area contributed by atoms with E-state index in [1.165, 1.54) is 11.3 Å². The maximum Gasteiger partial charge on any atom is 0.416 e. The Labute approximate surface area is 121 Å². The molecule has 0 unspecified atom stereocenters. The molecule has 0 saturated heterocycles. The number of aromatic nitrogens is 1. The van der Waals surface area contributed by atoms with Crippen molar-refractivity contribution in [3.8, 4) is 0 Å². The summed E-state index contributed by atoms with van der Waals surface area (Å²) >= 11 is 7.11. The van der Waals surface area contributed by atoms with E-state index in [1.54, 1.807) is 10.9 Å². The molecule has 0 aliphatic heterocycles. The lowest BCUT2D eigenvalue weighted by molar-refractivity contribution is -0.137. The second kappa shape index (κ2) is 5.80. The van der Waals surface area contributed by atoms with Gasteiger partial charge < -0.3 is 5.32 Å². The van der Waals surface area contributed by atoms with Crippen LogP contribution in [-0.4, -0.2) is 10.9 Å². The standard InChI is InChI=1S/C12H8ClF3N2OS/c13-9-2-1-7(12(14,15)16)3-10(9)18-11(19)4-8-5-20-6-17-8/h1-3,5-6H,4H2,(H,18,19). The van der Waals surface area contributed by atoms with E-state index in [0.717, 1.165) is 18.2 Å². The van der Waals surface area contributed by atoms with E-state index in [0.29, 0.717) is 5.69 Å². The maximum absolute atomic E-state index is 12.6. The summed E-state index contributed by atoms with van der Waals surface area (Å²) in [5.74, 6) is -0.475. The van der Waals surface area contributed by atoms with Gasteiger partial charge in [-0.3, -0.25) is 4.79 Å². The van der Waals surface area contributed by atoms with Gasteiger partial charge in [0.15, 0.2) is 0 Å². The highest BCUT2D eigenvalue weighted by atomic mass is 35.5. The largest absolute Gasteiger partial charge is 0.416 e. The Bertz CT molecular complexity index is 614. The molecule has 1 amide bonds. The molecule has 0 bridgehead atoms. The fourth-order valence-corrected chi connectivity index (χ4v) is 2.20. The van der Waals surface area contributed by atoms with Crippen molar-refractivity contribution in [2.75, 3.05) is 5.32 Å². The summed E-state index contributed by atoms with van der Waals surface area (Å²) in [7, 11) is 0. The van der Waals surface area contributed by atoms with Crippen molar-refractivity contribution in [3.05, 3.63) is 45.4 Å². The third-order valence-corrected chi connectivity index (χ3v) is 3.36. The summed E-state index contributed by atoms with van der Waals surface area (Å²) < 4.78 is 37.7. The maximum atomic E-state index is 12.6. The van der Waals surface area contributed by atoms with Crippen molar-refractivity contribution in [2.24, 2.45) is 0 Å². The van der Waals surface area contributed by atoms with Crippen LogP contribution in [0.25, 0.3) is 0 Å². The summed E-state index contributed by atoms with van der Waals surface area (Å²) in [5.41, 5.74) is 1.18. The van der Waals surface area contributed by atoms with Crippen LogP contribution >= 0.6 is 22.9 Å². The fraction of sp³-hybridized carbons (Fsp3) is 0.167. The Morgan fingerprint density at radius 1 is 1.40 bits per heavy atom. The molecule has 3 nitrogen and oxygen atoms in total. The van der Waals surface area contributed by atoms with Crippen LogP contribution in [0.3, 0.4) is 0 Å². The lowest BCUT2D eigenvalue weighted by Gasteiger charge is -2.11. The van der Waals surface area contributed by atoms with E-state index in [4.69, 9.17) is 11.6 Å². The van der Waals surface area contributed by atoms with Crippen LogP contribution in [0, 0.1) is 0 Å². The number of carbonyl (C=O) groups is 1. The molecular weight excluding hydrogens is 313 g/mol. The smallest absolute Gasteiger partial charge is 0.324 e. The minimum absolute atomic E-state index is 0.0178. The van der Waals surface area contributed by atoms with Gasteiger partial charge in [0.1, 0.15) is 0 Å². The number of amides is 1. The Balaban J connectivity index is 2.14. The van der Waals surface area contributed by atoms with Crippen LogP contribution in [0.4, 0.5) is 18.9 Å². The molecule has 20 heavy (non-hydrogen) atoms. The van der Waals surface area contributed by atoms with E-state index in [-0.39, 0.29) is 17.1 Å². The zero-order chi connectivity index (χ0) is 14.8. The molecule has 1 aromatic heterocycles. The summed E-state index contributed by atoms with van der Waals surface area (Å²) in [6, 6.07) is 2.77. The number of nitrogens with zero attached hydrogens (tertiary/aromatic N) is 1. The molecule has 2 rings (SSSR count). The topological polar surface area (TPSA) is 42.0 Å². The number of hydrogen-bond acceptors (Lipinski definition) is 3. The van der Waals surface area contributed by atoms with Gasteiger partial charge in [0.05, 0.1) is 33.9 Å². The Kier molecular flexibility index (Phi) is 4.29. The number of nitrogens with one attached hydrogen (secondary N) is 1. The summed E-state index contributed by atoms with van der Waals surface area (Å²) in [6.07, 6.45) is -4.50. The first-order valence-corrected chi connectivity index (χ1v) is 6.72. The van der Waals surface area contributed by atoms with Crippen LogP contribution in [0.15, 0.2) is 29.1 Å². The van der Waals surface area contributed by atoms with Gasteiger partial charge in [-0.1, -0.05) is 11.6 Å². The van der Waals surface area contributed by atoms with Gasteiger partial charge in [0, 0.05) is 5.38 Å². The van der Waals surface area contributed by atoms with E-state index >= 15 is 0 Å². The predicted molar refractivity (Wildman–Crippen MR) is 70.9 cm³/mol. The molecule has 106 valence electrons. The zero-order valence-electron chi connectivity index (χ0n) is 9.87. The zero-order valence-corrected chi connectivity index (χ0v) is 11.4. The number of hydrogen-bond donors (Lipinski definition) is 1. The third-order valence-electron chi connectivity index (χ3n) is 2.39. The van der Waals surface area contributed by atoms with E-state index in [9.17, 15) is 18.0 Å². The van der Waals surface area contributed by atoms with Gasteiger partial charge >= 0.3 is 6.18 Å². The number of benzene rings is 1. The van der Waals surface area contributed by atoms with Crippen molar-refractivity contribution in [2.45, 2.75) is 12.6 Å². The Morgan fingerprint density at radius 2 is 2.15 bits per heavy atom. The number of halogens is 4. The van der Waals surface area contributed by atoms with Crippen molar-refractivity contribution >= 4 is 34.5 Å². The fourth-order valence-electron chi connectivity index (χ4n) is 1.48. The van der Waals surface area contributed by atoms with Gasteiger partial charge in [-0.05, 0) is 18.2 Å². The summed E-state index contributed by atoms with van der Waals surface area (Å²) in [6.45, 7) is 0. The lowest BCUT2D eigenvalue weighted by Crippen LogP contribution is -2.15. The number of thiazole rings is 1. The quantitative estimate of drug-likeness (QED) is 0.929. The molecule has 0 fully saturated rings. The van der Waals surface area contributed by atoms with Crippen LogP contribution in [0.5, 0.6) is 0 Å². The minimum Gasteiger partial charge on any atom is -0.324 e. The van der Waals surface area contributed by atoms with Crippen molar-refractivity contribution < 1.29 is 18.0 Å². The number of rotatable bonds is 3. The molecule has 0 saturated carbocycles. The summed E-state index contributed by atoms with van der Waals surface area (Å²) in [5, 5.41) is 4.09. The van der Waals surface area contributed by atoms with E-state index in [1.807, 2.05) is 0 Å². The second-order valence-corrected chi connectivity index (χ2v) is 5.02. The first-order valence-electron chi connectivity index (χ1n) is 5.40. The monoisotopic (exact) mass is 320 g/mol. The van der Waals surface area contributed by atoms with Crippen molar-refractivity contribution in [1.29, 1.82) is 0 Å². The molecule has 1 heterocycles. The average molecular weight is 321 g/mol. The van der Waals surface area contributed by atoms with Gasteiger partial charge in [0.25, 0.3) is 0 Å². The number of anilines is 1. The molecular formula is C12H8ClF3N2OS. The van der Waals surface area contributed by atoms with Crippen molar-refractivity contribution in [1.82, 2.24) is 4.98 Å². The number of carbonyl (C=O) groups excluding carboxylic acids is 1. The predicted octanol–water partition coefficient (Wildman–Crippen LogP) is 4.00. The highest BCUT2D eigenvalue weighted by Gasteiger charge is 2.31. The lowest BCUT2D eigenvalue weighted by atomic mass is 10.2. The Morgan fingerprint density at radius 3 is 2.75 bits per heavy atom. The first kappa shape index (κ1) is 14.8. The van der Waals surface area contributed by atoms with E-state index < -0.39 is 17.6 Å². The molecule has 0 aliphatic rings. The molecule has 0 atom stereocenters. The van der Waals surface area contributed by atoms with Gasteiger partial charge in [-0.25, -0.2) is 4.98 Å². The van der Waals surface area contributed by atoms with E-state index in [2.05, 4.69) is 10.3 Å². The average Bonchev–Trinajstić information content (AvgIpc) is 2.83. The van der Waals surface area contributed by atoms with Gasteiger partial charge in [-0.15, -0.1) is 11.3 Å². The number of alkyl halides is 3. The molecule has 2 aromatic rings. The second-order valence-electron chi connectivity index (χ2n) is 3.90. The summed E-state index contributed by atoms with van der Waals surface area (Å²) in [4.78, 5) is 15.6. The molecule has 0 radical (unpaired) electrons. The molecule has 1 N–H and O–H groups in total. The van der Waals surface area contributed by atoms with Gasteiger partial charge in [0.2, 0.25) is 5.91 Å². The van der Waals surface area contributed by atoms with Crippen LogP contribution in [0.2, 0.25) is 5.02 Å². The minimum atomic E-state index is -4.49. The molecule has 8 heteroatoms. The van der Waals surface area contributed by atoms with Gasteiger partial charge in [-0.2, -0.15) is 13.2 Å². The van der Waals surface area contributed by atoms with Crippen LogP contribution < -0.4 is 5.32 Å². The van der Waals surface area contributed by atoms with Crippen LogP contribution in [-0.2, 0) is 17.4 Å². The Hall–Kier alpha value is -1.60. The molecule has 0 aliphatic carbocycles. The third kappa shape index (κ3) is 3.71. The SMILES string of the molecule is O=C(Cc1cscn1)Nc1cc(C(F)(F)F)ccc1Cl. The normalized spacial score (nSPS) is 11.4. The highest BCUT2D eigenvalue weighted by molar-refractivity contribution is 7.07.